The van der Waals surface area contributed by atoms with E-state index in [-0.39, 0.29) is 0 Å². The molecule has 0 bridgehead atoms. The van der Waals surface area contributed by atoms with Crippen LogP contribution in [0.4, 0.5) is 0 Å². The smallest absolute Gasteiger partial charge is 0.00989 e. The van der Waals surface area contributed by atoms with Crippen LogP contribution in [0.2, 0.25) is 0 Å². The molecule has 15 heavy (non-hydrogen) atoms. The van der Waals surface area contributed by atoms with Crippen molar-refractivity contribution in [1.82, 2.24) is 0 Å². The molecule has 0 N–H and O–H groups in total. The van der Waals surface area contributed by atoms with E-state index in [1.807, 2.05) is 0 Å². The summed E-state index contributed by atoms with van der Waals surface area (Å²) in [5, 5.41) is 2.81. The molecule has 2 aromatic carbocycles. The molecule has 0 heterocycles. The minimum absolute atomic E-state index is 0.518. The monoisotopic (exact) mass is 196 g/mol. The van der Waals surface area contributed by atoms with Gasteiger partial charge in [0.15, 0.2) is 0 Å². The molecule has 1 atom stereocenters. The molecule has 0 aromatic heterocycles. The number of hydrogen-bond donors (Lipinski definition) is 0. The highest BCUT2D eigenvalue weighted by Crippen LogP contribution is 2.59. The summed E-state index contributed by atoms with van der Waals surface area (Å²) >= 11 is 0. The Kier molecular flexibility index (Phi) is 1.70. The third-order valence-electron chi connectivity index (χ3n) is 3.71. The summed E-state index contributed by atoms with van der Waals surface area (Å²) in [5.74, 6) is 0.767. The summed E-state index contributed by atoms with van der Waals surface area (Å²) in [5.41, 5.74) is 2.06. The first kappa shape index (κ1) is 8.96. The fourth-order valence-corrected chi connectivity index (χ4v) is 2.55. The Balaban J connectivity index is 2.19. The molecule has 1 aliphatic rings. The lowest BCUT2D eigenvalue weighted by atomic mass is 9.97. The van der Waals surface area contributed by atoms with E-state index in [4.69, 9.17) is 0 Å². The van der Waals surface area contributed by atoms with Gasteiger partial charge in [0, 0.05) is 0 Å². The molecule has 0 radical (unpaired) electrons. The fraction of sp³-hybridized carbons (Fsp3) is 0.333. The van der Waals surface area contributed by atoms with E-state index in [2.05, 4.69) is 56.3 Å². The van der Waals surface area contributed by atoms with Crippen LogP contribution in [-0.2, 0) is 0 Å². The maximum atomic E-state index is 2.36. The normalized spacial score (nSPS) is 22.9. The van der Waals surface area contributed by atoms with Gasteiger partial charge in [-0.3, -0.25) is 0 Å². The summed E-state index contributed by atoms with van der Waals surface area (Å²) < 4.78 is 0. The van der Waals surface area contributed by atoms with Gasteiger partial charge in [-0.15, -0.1) is 0 Å². The molecule has 0 aliphatic heterocycles. The first-order chi connectivity index (χ1) is 7.18. The molecule has 1 unspecified atom stereocenters. The highest BCUT2D eigenvalue weighted by atomic mass is 14.5. The lowest BCUT2D eigenvalue weighted by Crippen LogP contribution is -1.90. The Morgan fingerprint density at radius 1 is 1.00 bits per heavy atom. The third kappa shape index (κ3) is 1.36. The number of benzene rings is 2. The van der Waals surface area contributed by atoms with Gasteiger partial charge in [-0.05, 0) is 34.1 Å². The quantitative estimate of drug-likeness (QED) is 0.636. The van der Waals surface area contributed by atoms with E-state index < -0.39 is 0 Å². The van der Waals surface area contributed by atoms with Crippen molar-refractivity contribution in [2.24, 2.45) is 5.41 Å². The molecule has 0 amide bonds. The second kappa shape index (κ2) is 2.85. The van der Waals surface area contributed by atoms with Crippen LogP contribution >= 0.6 is 0 Å². The van der Waals surface area contributed by atoms with Crippen molar-refractivity contribution in [3.63, 3.8) is 0 Å². The largest absolute Gasteiger partial charge is 0.0616 e. The molecule has 0 nitrogen and oxygen atoms in total. The van der Waals surface area contributed by atoms with Gasteiger partial charge in [0.25, 0.3) is 0 Å². The summed E-state index contributed by atoms with van der Waals surface area (Å²) in [7, 11) is 0. The minimum Gasteiger partial charge on any atom is -0.0616 e. The third-order valence-corrected chi connectivity index (χ3v) is 3.71. The van der Waals surface area contributed by atoms with Gasteiger partial charge in [0.1, 0.15) is 0 Å². The molecule has 0 heteroatoms. The van der Waals surface area contributed by atoms with Crippen molar-refractivity contribution in [2.45, 2.75) is 26.2 Å². The second-order valence-electron chi connectivity index (χ2n) is 5.31. The summed E-state index contributed by atoms with van der Waals surface area (Å²) in [6.45, 7) is 4.72. The maximum absolute atomic E-state index is 2.36. The zero-order valence-corrected chi connectivity index (χ0v) is 9.33. The van der Waals surface area contributed by atoms with Crippen molar-refractivity contribution in [3.05, 3.63) is 48.0 Å². The maximum Gasteiger partial charge on any atom is -0.00989 e. The number of rotatable bonds is 1. The average molecular weight is 196 g/mol. The van der Waals surface area contributed by atoms with Crippen molar-refractivity contribution >= 4 is 10.8 Å². The van der Waals surface area contributed by atoms with Crippen LogP contribution in [0.5, 0.6) is 0 Å². The van der Waals surface area contributed by atoms with Gasteiger partial charge in [-0.1, -0.05) is 56.3 Å². The van der Waals surface area contributed by atoms with Crippen molar-refractivity contribution < 1.29 is 0 Å². The van der Waals surface area contributed by atoms with Gasteiger partial charge in [-0.2, -0.15) is 0 Å². The number of hydrogen-bond acceptors (Lipinski definition) is 0. The van der Waals surface area contributed by atoms with Crippen LogP contribution in [0.3, 0.4) is 0 Å². The summed E-state index contributed by atoms with van der Waals surface area (Å²) in [6.07, 6.45) is 1.33. The molecule has 0 saturated heterocycles. The SMILES string of the molecule is CC1(C)CC1c1cccc2ccccc12. The Labute approximate surface area is 90.9 Å². The predicted octanol–water partition coefficient (Wildman–Crippen LogP) is 4.35. The molecule has 0 spiro atoms. The van der Waals surface area contributed by atoms with Gasteiger partial charge in [-0.25, -0.2) is 0 Å². The van der Waals surface area contributed by atoms with Crippen LogP contribution in [0.15, 0.2) is 42.5 Å². The zero-order valence-electron chi connectivity index (χ0n) is 9.33. The molecule has 1 saturated carbocycles. The first-order valence-corrected chi connectivity index (χ1v) is 5.66. The van der Waals surface area contributed by atoms with Crippen LogP contribution in [0.25, 0.3) is 10.8 Å². The topological polar surface area (TPSA) is 0 Å². The minimum atomic E-state index is 0.518. The summed E-state index contributed by atoms with van der Waals surface area (Å²) in [4.78, 5) is 0. The molecular weight excluding hydrogens is 180 g/mol. The standard InChI is InChI=1S/C15H16/c1-15(2)10-14(15)13-9-5-7-11-6-3-4-8-12(11)13/h3-9,14H,10H2,1-2H3. The molecule has 3 rings (SSSR count). The molecular formula is C15H16. The first-order valence-electron chi connectivity index (χ1n) is 5.66. The van der Waals surface area contributed by atoms with Crippen molar-refractivity contribution in [2.75, 3.05) is 0 Å². The van der Waals surface area contributed by atoms with Crippen LogP contribution in [-0.4, -0.2) is 0 Å². The molecule has 1 aliphatic carbocycles. The van der Waals surface area contributed by atoms with E-state index in [0.717, 1.165) is 5.92 Å². The molecule has 76 valence electrons. The van der Waals surface area contributed by atoms with E-state index >= 15 is 0 Å². The van der Waals surface area contributed by atoms with Crippen LogP contribution in [0.1, 0.15) is 31.7 Å². The average Bonchev–Trinajstić information content (AvgIpc) is 2.87. The lowest BCUT2D eigenvalue weighted by molar-refractivity contribution is 0.623. The number of fused-ring (bicyclic) bond motifs is 1. The van der Waals surface area contributed by atoms with Gasteiger partial charge >= 0.3 is 0 Å². The van der Waals surface area contributed by atoms with Crippen LogP contribution < -0.4 is 0 Å². The molecule has 1 fully saturated rings. The fourth-order valence-electron chi connectivity index (χ4n) is 2.55. The van der Waals surface area contributed by atoms with Gasteiger partial charge in [0.2, 0.25) is 0 Å². The Morgan fingerprint density at radius 3 is 2.40 bits per heavy atom. The lowest BCUT2D eigenvalue weighted by Gasteiger charge is -2.07. The Hall–Kier alpha value is -1.30. The van der Waals surface area contributed by atoms with E-state index in [1.165, 1.54) is 22.8 Å². The molecule has 2 aromatic rings. The van der Waals surface area contributed by atoms with Crippen molar-refractivity contribution in [3.8, 4) is 0 Å². The van der Waals surface area contributed by atoms with E-state index in [0.29, 0.717) is 5.41 Å². The second-order valence-corrected chi connectivity index (χ2v) is 5.31. The van der Waals surface area contributed by atoms with Crippen LogP contribution in [0, 0.1) is 5.41 Å². The summed E-state index contributed by atoms with van der Waals surface area (Å²) in [6, 6.07) is 15.4. The zero-order chi connectivity index (χ0) is 10.5. The predicted molar refractivity (Wildman–Crippen MR) is 65.1 cm³/mol. The van der Waals surface area contributed by atoms with E-state index in [9.17, 15) is 0 Å². The van der Waals surface area contributed by atoms with Gasteiger partial charge in [0.05, 0.1) is 0 Å². The Bertz CT molecular complexity index is 503. The highest BCUT2D eigenvalue weighted by molar-refractivity contribution is 5.86. The van der Waals surface area contributed by atoms with E-state index in [1.54, 1.807) is 0 Å². The van der Waals surface area contributed by atoms with Crippen molar-refractivity contribution in [1.29, 1.82) is 0 Å². The Morgan fingerprint density at radius 2 is 1.67 bits per heavy atom. The van der Waals surface area contributed by atoms with Gasteiger partial charge < -0.3 is 0 Å². The highest BCUT2D eigenvalue weighted by Gasteiger charge is 2.46.